The number of nitrogens with zero attached hydrogens (tertiary/aromatic N) is 3. The minimum atomic E-state index is -1.53. The maximum Gasteiger partial charge on any atom is 0.258 e. The SMILES string of the molecule is C=C1OCc2c(cc3n(c2=O)Cc2c-3nc3cc(F)c(C)c4c3c2[C@@H](NC(=O)COCNCC=CCCCCCN2C(=O)C=CC2=O)CC4)[C@@]1(O)CC. The molecule has 278 valence electrons. The number of carbonyl (C=O) groups is 3. The number of hydrogen-bond acceptors (Lipinski definition) is 9. The number of fused-ring (bicyclic) bond motifs is 5. The summed E-state index contributed by atoms with van der Waals surface area (Å²) in [7, 11) is 0. The van der Waals surface area contributed by atoms with Crippen molar-refractivity contribution in [1.82, 2.24) is 25.1 Å². The van der Waals surface area contributed by atoms with Crippen LogP contribution in [0, 0.1) is 12.7 Å². The van der Waals surface area contributed by atoms with Crippen LogP contribution < -0.4 is 16.2 Å². The van der Waals surface area contributed by atoms with Crippen LogP contribution >= 0.6 is 0 Å². The molecule has 7 rings (SSSR count). The van der Waals surface area contributed by atoms with Gasteiger partial charge in [-0.1, -0.05) is 32.1 Å². The van der Waals surface area contributed by atoms with Gasteiger partial charge in [-0.2, -0.15) is 0 Å². The average Bonchev–Trinajstić information content (AvgIpc) is 3.68. The van der Waals surface area contributed by atoms with Gasteiger partial charge in [0.05, 0.1) is 41.8 Å². The Balaban J connectivity index is 0.991. The smallest absolute Gasteiger partial charge is 0.258 e. The third kappa shape index (κ3) is 6.62. The van der Waals surface area contributed by atoms with Crippen molar-refractivity contribution in [2.24, 2.45) is 0 Å². The summed E-state index contributed by atoms with van der Waals surface area (Å²) in [4.78, 5) is 56.5. The fourth-order valence-electron chi connectivity index (χ4n) is 7.97. The van der Waals surface area contributed by atoms with Crippen molar-refractivity contribution in [3.05, 3.63) is 98.3 Å². The van der Waals surface area contributed by atoms with Crippen molar-refractivity contribution >= 4 is 28.6 Å². The summed E-state index contributed by atoms with van der Waals surface area (Å²) in [5.41, 5.74) is 3.51. The number of aromatic nitrogens is 2. The van der Waals surface area contributed by atoms with Gasteiger partial charge in [-0.25, -0.2) is 9.37 Å². The molecule has 0 spiro atoms. The third-order valence-electron chi connectivity index (χ3n) is 10.9. The lowest BCUT2D eigenvalue weighted by atomic mass is 9.81. The molecule has 1 aliphatic carbocycles. The number of allylic oxidation sites excluding steroid dienone is 1. The number of ether oxygens (including phenoxy) is 2. The van der Waals surface area contributed by atoms with Gasteiger partial charge in [0.25, 0.3) is 17.4 Å². The van der Waals surface area contributed by atoms with Crippen LogP contribution in [0.5, 0.6) is 0 Å². The Morgan fingerprint density at radius 3 is 2.72 bits per heavy atom. The predicted octanol–water partition coefficient (Wildman–Crippen LogP) is 4.22. The molecular formula is C40H44FN5O7. The number of nitrogens with one attached hydrogen (secondary N) is 2. The van der Waals surface area contributed by atoms with Gasteiger partial charge < -0.3 is 24.5 Å². The minimum Gasteiger partial charge on any atom is -0.490 e. The third-order valence-corrected chi connectivity index (χ3v) is 10.9. The maximum atomic E-state index is 15.2. The molecule has 2 aromatic heterocycles. The van der Waals surface area contributed by atoms with E-state index in [1.54, 1.807) is 24.5 Å². The summed E-state index contributed by atoms with van der Waals surface area (Å²) in [5.74, 6) is -0.960. The van der Waals surface area contributed by atoms with Crippen molar-refractivity contribution in [1.29, 1.82) is 0 Å². The van der Waals surface area contributed by atoms with Crippen molar-refractivity contribution in [3.63, 3.8) is 0 Å². The van der Waals surface area contributed by atoms with Crippen molar-refractivity contribution < 1.29 is 33.4 Å². The molecule has 3 aliphatic heterocycles. The molecule has 0 saturated carbocycles. The van der Waals surface area contributed by atoms with Crippen molar-refractivity contribution in [3.8, 4) is 11.4 Å². The zero-order chi connectivity index (χ0) is 37.4. The molecule has 0 radical (unpaired) electrons. The highest BCUT2D eigenvalue weighted by Crippen LogP contribution is 2.46. The van der Waals surface area contributed by atoms with Crippen LogP contribution in [0.4, 0.5) is 4.39 Å². The van der Waals surface area contributed by atoms with E-state index in [0.717, 1.165) is 47.8 Å². The lowest BCUT2D eigenvalue weighted by Crippen LogP contribution is -2.38. The monoisotopic (exact) mass is 725 g/mol. The van der Waals surface area contributed by atoms with E-state index < -0.39 is 11.6 Å². The molecule has 1 aromatic carbocycles. The van der Waals surface area contributed by atoms with Gasteiger partial charge >= 0.3 is 0 Å². The predicted molar refractivity (Wildman–Crippen MR) is 195 cm³/mol. The zero-order valence-electron chi connectivity index (χ0n) is 30.1. The van der Waals surface area contributed by atoms with E-state index in [1.807, 2.05) is 6.08 Å². The molecule has 3 amide bonds. The highest BCUT2D eigenvalue weighted by Gasteiger charge is 2.42. The van der Waals surface area contributed by atoms with E-state index in [0.29, 0.717) is 59.5 Å². The summed E-state index contributed by atoms with van der Waals surface area (Å²) in [6, 6.07) is 2.79. The van der Waals surface area contributed by atoms with Crippen LogP contribution in [0.3, 0.4) is 0 Å². The highest BCUT2D eigenvalue weighted by atomic mass is 19.1. The first-order valence-corrected chi connectivity index (χ1v) is 18.3. The molecule has 3 aromatic rings. The van der Waals surface area contributed by atoms with Gasteiger partial charge in [0.15, 0.2) is 0 Å². The van der Waals surface area contributed by atoms with Crippen LogP contribution in [0.15, 0.2) is 53.6 Å². The standard InChI is InChI=1S/C40H44FN5O7/c1-4-40(51)24(3)53-20-27-28(40)17-32-38-26(19-46(32)39(27)50)37-30(12-11-25-23(2)29(41)18-31(44-38)36(25)37)43-33(47)21-52-22-42-15-9-7-5-6-8-10-16-45-34(48)13-14-35(45)49/h7,9,13-14,17-18,30,42,51H,3-6,8,10-12,15-16,19-22H2,1-2H3,(H,43,47)/t30-,40+/m0/s1. The molecular weight excluding hydrogens is 681 g/mol. The van der Waals surface area contributed by atoms with Gasteiger partial charge in [-0.3, -0.25) is 29.4 Å². The summed E-state index contributed by atoms with van der Waals surface area (Å²) < 4.78 is 28.1. The lowest BCUT2D eigenvalue weighted by molar-refractivity contribution is -0.136. The average molecular weight is 726 g/mol. The van der Waals surface area contributed by atoms with E-state index in [1.165, 1.54) is 23.1 Å². The Morgan fingerprint density at radius 1 is 1.15 bits per heavy atom. The molecule has 2 atom stereocenters. The number of rotatable bonds is 14. The molecule has 0 saturated heterocycles. The summed E-state index contributed by atoms with van der Waals surface area (Å²) in [6.07, 6.45) is 11.5. The van der Waals surface area contributed by atoms with Crippen molar-refractivity contribution in [2.75, 3.05) is 26.4 Å². The number of unbranched alkanes of at least 4 members (excludes halogenated alkanes) is 3. The second-order valence-electron chi connectivity index (χ2n) is 14.0. The number of aliphatic hydroxyl groups is 1. The van der Waals surface area contributed by atoms with Gasteiger partial charge in [-0.05, 0) is 68.2 Å². The van der Waals surface area contributed by atoms with E-state index in [2.05, 4.69) is 23.3 Å². The van der Waals surface area contributed by atoms with Gasteiger partial charge in [-0.15, -0.1) is 0 Å². The first-order chi connectivity index (χ1) is 25.5. The van der Waals surface area contributed by atoms with Gasteiger partial charge in [0, 0.05) is 47.8 Å². The molecule has 0 fully saturated rings. The molecule has 5 heterocycles. The van der Waals surface area contributed by atoms with Gasteiger partial charge in [0.2, 0.25) is 5.91 Å². The van der Waals surface area contributed by atoms with E-state index in [-0.39, 0.29) is 67.8 Å². The maximum absolute atomic E-state index is 15.2. The second-order valence-corrected chi connectivity index (χ2v) is 14.0. The number of pyridine rings is 2. The molecule has 0 bridgehead atoms. The van der Waals surface area contributed by atoms with Crippen LogP contribution in [0.1, 0.15) is 84.9 Å². The topological polar surface area (TPSA) is 152 Å². The van der Waals surface area contributed by atoms with E-state index in [4.69, 9.17) is 14.5 Å². The van der Waals surface area contributed by atoms with Crippen LogP contribution in [0.25, 0.3) is 22.3 Å². The van der Waals surface area contributed by atoms with Crippen LogP contribution in [-0.2, 0) is 49.0 Å². The van der Waals surface area contributed by atoms with Gasteiger partial charge in [0.1, 0.15) is 30.4 Å². The van der Waals surface area contributed by atoms with E-state index >= 15 is 4.39 Å². The number of aryl methyl sites for hydroxylation is 1. The van der Waals surface area contributed by atoms with Crippen molar-refractivity contribution in [2.45, 2.75) is 83.6 Å². The molecule has 53 heavy (non-hydrogen) atoms. The second kappa shape index (κ2) is 14.8. The quantitative estimate of drug-likeness (QED) is 0.0751. The summed E-state index contributed by atoms with van der Waals surface area (Å²) in [5, 5.41) is 18.6. The van der Waals surface area contributed by atoms with Crippen LogP contribution in [0.2, 0.25) is 0 Å². The number of halogens is 1. The Bertz CT molecular complexity index is 2140. The summed E-state index contributed by atoms with van der Waals surface area (Å²) >= 11 is 0. The number of imide groups is 1. The molecule has 0 unspecified atom stereocenters. The minimum absolute atomic E-state index is 0.000310. The normalized spacial score (nSPS) is 20.0. The largest absolute Gasteiger partial charge is 0.490 e. The molecule has 13 heteroatoms. The molecule has 4 aliphatic rings. The fourth-order valence-corrected chi connectivity index (χ4v) is 7.97. The Labute approximate surface area is 306 Å². The Hall–Kier alpha value is -4.98. The number of carbonyl (C=O) groups excluding carboxylic acids is 3. The molecule has 12 nitrogen and oxygen atoms in total. The zero-order valence-corrected chi connectivity index (χ0v) is 30.1. The first kappa shape index (κ1) is 36.4. The lowest BCUT2D eigenvalue weighted by Gasteiger charge is -2.35. The first-order valence-electron chi connectivity index (χ1n) is 18.3. The highest BCUT2D eigenvalue weighted by molar-refractivity contribution is 6.12. The fraction of sp³-hybridized carbons (Fsp3) is 0.425. The van der Waals surface area contributed by atoms with Crippen LogP contribution in [-0.4, -0.2) is 63.7 Å². The number of amides is 3. The number of benzene rings is 1. The number of hydrogen-bond donors (Lipinski definition) is 3. The molecule has 3 N–H and O–H groups in total. The summed E-state index contributed by atoms with van der Waals surface area (Å²) in [6.45, 7) is 8.69. The Morgan fingerprint density at radius 2 is 1.94 bits per heavy atom. The Kier molecular flexibility index (Phi) is 10.2. The van der Waals surface area contributed by atoms with E-state index in [9.17, 15) is 24.3 Å².